The van der Waals surface area contributed by atoms with Gasteiger partial charge in [-0.05, 0) is 30.7 Å². The SMILES string of the molecule is Clc1cccc(-c2cn[nH]c2C2CCNC2)c1. The van der Waals surface area contributed by atoms with Gasteiger partial charge in [0.25, 0.3) is 0 Å². The van der Waals surface area contributed by atoms with E-state index in [1.165, 1.54) is 11.3 Å². The molecule has 2 aromatic rings. The second-order valence-electron chi connectivity index (χ2n) is 4.40. The molecule has 1 aliphatic heterocycles. The maximum atomic E-state index is 6.03. The smallest absolute Gasteiger partial charge is 0.0568 e. The molecule has 1 aliphatic rings. The van der Waals surface area contributed by atoms with Gasteiger partial charge in [0.2, 0.25) is 0 Å². The van der Waals surface area contributed by atoms with Crippen LogP contribution in [0.25, 0.3) is 11.1 Å². The van der Waals surface area contributed by atoms with Crippen LogP contribution in [0.15, 0.2) is 30.5 Å². The lowest BCUT2D eigenvalue weighted by Crippen LogP contribution is -2.08. The Morgan fingerprint density at radius 2 is 2.29 bits per heavy atom. The number of nitrogens with one attached hydrogen (secondary N) is 2. The quantitative estimate of drug-likeness (QED) is 0.857. The molecule has 1 fully saturated rings. The summed E-state index contributed by atoms with van der Waals surface area (Å²) < 4.78 is 0. The number of hydrogen-bond acceptors (Lipinski definition) is 2. The average molecular weight is 248 g/mol. The first-order valence-electron chi connectivity index (χ1n) is 5.84. The first-order valence-corrected chi connectivity index (χ1v) is 6.22. The number of nitrogens with zero attached hydrogens (tertiary/aromatic N) is 1. The first-order chi connectivity index (χ1) is 8.34. The number of benzene rings is 1. The van der Waals surface area contributed by atoms with E-state index in [0.29, 0.717) is 5.92 Å². The topological polar surface area (TPSA) is 40.7 Å². The van der Waals surface area contributed by atoms with Crippen LogP contribution in [-0.2, 0) is 0 Å². The molecule has 1 aromatic heterocycles. The Hall–Kier alpha value is -1.32. The number of halogens is 1. The molecule has 1 atom stereocenters. The molecule has 88 valence electrons. The minimum absolute atomic E-state index is 0.534. The van der Waals surface area contributed by atoms with E-state index in [9.17, 15) is 0 Å². The van der Waals surface area contributed by atoms with Gasteiger partial charge in [-0.25, -0.2) is 0 Å². The lowest BCUT2D eigenvalue weighted by Gasteiger charge is -2.09. The molecule has 0 aliphatic carbocycles. The molecule has 17 heavy (non-hydrogen) atoms. The summed E-state index contributed by atoms with van der Waals surface area (Å²) in [4.78, 5) is 0. The number of H-pyrrole nitrogens is 1. The highest BCUT2D eigenvalue weighted by atomic mass is 35.5. The summed E-state index contributed by atoms with van der Waals surface area (Å²) in [6.45, 7) is 2.11. The maximum absolute atomic E-state index is 6.03. The Labute approximate surface area is 105 Å². The van der Waals surface area contributed by atoms with E-state index < -0.39 is 0 Å². The Morgan fingerprint density at radius 3 is 3.06 bits per heavy atom. The highest BCUT2D eigenvalue weighted by molar-refractivity contribution is 6.30. The van der Waals surface area contributed by atoms with Crippen molar-refractivity contribution in [2.24, 2.45) is 0 Å². The zero-order chi connectivity index (χ0) is 11.7. The maximum Gasteiger partial charge on any atom is 0.0568 e. The summed E-state index contributed by atoms with van der Waals surface area (Å²) in [5, 5.41) is 11.4. The predicted molar refractivity (Wildman–Crippen MR) is 69.3 cm³/mol. The van der Waals surface area contributed by atoms with Crippen molar-refractivity contribution < 1.29 is 0 Å². The minimum Gasteiger partial charge on any atom is -0.316 e. The third-order valence-electron chi connectivity index (χ3n) is 3.27. The van der Waals surface area contributed by atoms with Gasteiger partial charge in [0.1, 0.15) is 0 Å². The molecule has 4 heteroatoms. The number of rotatable bonds is 2. The van der Waals surface area contributed by atoms with Crippen LogP contribution >= 0.6 is 11.6 Å². The lowest BCUT2D eigenvalue weighted by atomic mass is 9.97. The van der Waals surface area contributed by atoms with Crippen molar-refractivity contribution in [2.45, 2.75) is 12.3 Å². The number of aromatic amines is 1. The molecule has 0 amide bonds. The van der Waals surface area contributed by atoms with Gasteiger partial charge in [-0.3, -0.25) is 5.10 Å². The van der Waals surface area contributed by atoms with E-state index in [1.54, 1.807) is 0 Å². The van der Waals surface area contributed by atoms with Crippen molar-refractivity contribution in [3.8, 4) is 11.1 Å². The predicted octanol–water partition coefficient (Wildman–Crippen LogP) is 2.81. The molecule has 0 spiro atoms. The largest absolute Gasteiger partial charge is 0.316 e. The molecule has 0 radical (unpaired) electrons. The molecular formula is C13H14ClN3. The molecule has 0 bridgehead atoms. The van der Waals surface area contributed by atoms with Gasteiger partial charge in [0.05, 0.1) is 6.20 Å². The van der Waals surface area contributed by atoms with Gasteiger partial charge < -0.3 is 5.32 Å². The molecule has 2 N–H and O–H groups in total. The van der Waals surface area contributed by atoms with Crippen LogP contribution in [0, 0.1) is 0 Å². The van der Waals surface area contributed by atoms with Crippen molar-refractivity contribution in [3.63, 3.8) is 0 Å². The van der Waals surface area contributed by atoms with Gasteiger partial charge in [0, 0.05) is 28.7 Å². The van der Waals surface area contributed by atoms with Crippen molar-refractivity contribution >= 4 is 11.6 Å². The summed E-state index contributed by atoms with van der Waals surface area (Å²) in [5.74, 6) is 0.534. The van der Waals surface area contributed by atoms with Crippen molar-refractivity contribution in [1.29, 1.82) is 0 Å². The summed E-state index contributed by atoms with van der Waals surface area (Å²) in [5.41, 5.74) is 3.52. The van der Waals surface area contributed by atoms with E-state index in [-0.39, 0.29) is 0 Å². The van der Waals surface area contributed by atoms with Gasteiger partial charge in [-0.15, -0.1) is 0 Å². The van der Waals surface area contributed by atoms with Crippen molar-refractivity contribution in [3.05, 3.63) is 41.2 Å². The summed E-state index contributed by atoms with van der Waals surface area (Å²) in [7, 11) is 0. The van der Waals surface area contributed by atoms with Gasteiger partial charge in [-0.2, -0.15) is 5.10 Å². The van der Waals surface area contributed by atoms with Crippen LogP contribution in [-0.4, -0.2) is 23.3 Å². The second kappa shape index (κ2) is 4.51. The van der Waals surface area contributed by atoms with E-state index in [2.05, 4.69) is 21.6 Å². The fraction of sp³-hybridized carbons (Fsp3) is 0.308. The normalized spacial score (nSPS) is 19.7. The lowest BCUT2D eigenvalue weighted by molar-refractivity contribution is 0.731. The standard InChI is InChI=1S/C13H14ClN3/c14-11-3-1-2-9(6-11)12-8-16-17-13(12)10-4-5-15-7-10/h1-3,6,8,10,15H,4-5,7H2,(H,16,17). The van der Waals surface area contributed by atoms with E-state index >= 15 is 0 Å². The van der Waals surface area contributed by atoms with Crippen LogP contribution in [0.1, 0.15) is 18.0 Å². The molecule has 1 saturated heterocycles. The number of hydrogen-bond donors (Lipinski definition) is 2. The Morgan fingerprint density at radius 1 is 1.35 bits per heavy atom. The summed E-state index contributed by atoms with van der Waals surface area (Å²) >= 11 is 6.03. The van der Waals surface area contributed by atoms with Crippen LogP contribution in [0.5, 0.6) is 0 Å². The van der Waals surface area contributed by atoms with Crippen LogP contribution < -0.4 is 5.32 Å². The molecular weight excluding hydrogens is 234 g/mol. The molecule has 2 heterocycles. The molecule has 3 rings (SSSR count). The Balaban J connectivity index is 2.00. The van der Waals surface area contributed by atoms with E-state index in [4.69, 9.17) is 11.6 Å². The first kappa shape index (κ1) is 10.8. The van der Waals surface area contributed by atoms with Gasteiger partial charge >= 0.3 is 0 Å². The van der Waals surface area contributed by atoms with Crippen LogP contribution in [0.3, 0.4) is 0 Å². The van der Waals surface area contributed by atoms with Crippen molar-refractivity contribution in [2.75, 3.05) is 13.1 Å². The average Bonchev–Trinajstić information content (AvgIpc) is 3.00. The second-order valence-corrected chi connectivity index (χ2v) is 4.83. The highest BCUT2D eigenvalue weighted by Crippen LogP contribution is 2.31. The minimum atomic E-state index is 0.534. The molecule has 0 saturated carbocycles. The van der Waals surface area contributed by atoms with Crippen LogP contribution in [0.4, 0.5) is 0 Å². The summed E-state index contributed by atoms with van der Waals surface area (Å²) in [6, 6.07) is 7.92. The fourth-order valence-corrected chi connectivity index (χ4v) is 2.58. The molecule has 3 nitrogen and oxygen atoms in total. The third kappa shape index (κ3) is 2.08. The van der Waals surface area contributed by atoms with Crippen molar-refractivity contribution in [1.82, 2.24) is 15.5 Å². The Bertz CT molecular complexity index is 515. The monoisotopic (exact) mass is 247 g/mol. The Kier molecular flexibility index (Phi) is 2.87. The molecule has 1 aromatic carbocycles. The zero-order valence-electron chi connectivity index (χ0n) is 9.41. The van der Waals surface area contributed by atoms with E-state index in [0.717, 1.165) is 30.1 Å². The van der Waals surface area contributed by atoms with Gasteiger partial charge in [0.15, 0.2) is 0 Å². The van der Waals surface area contributed by atoms with Gasteiger partial charge in [-0.1, -0.05) is 23.7 Å². The van der Waals surface area contributed by atoms with Crippen LogP contribution in [0.2, 0.25) is 5.02 Å². The highest BCUT2D eigenvalue weighted by Gasteiger charge is 2.21. The van der Waals surface area contributed by atoms with E-state index in [1.807, 2.05) is 24.4 Å². The third-order valence-corrected chi connectivity index (χ3v) is 3.51. The zero-order valence-corrected chi connectivity index (χ0v) is 10.2. The molecule has 1 unspecified atom stereocenters. The summed E-state index contributed by atoms with van der Waals surface area (Å²) in [6.07, 6.45) is 3.05. The number of aromatic nitrogens is 2. The fourth-order valence-electron chi connectivity index (χ4n) is 2.39.